The molecule has 0 aliphatic heterocycles. The number of fused-ring (bicyclic) bond motifs is 1. The molecule has 4 heteroatoms. The number of benzene rings is 2. The van der Waals surface area contributed by atoms with Gasteiger partial charge in [-0.15, -0.1) is 0 Å². The van der Waals surface area contributed by atoms with Crippen LogP contribution in [-0.2, 0) is 11.2 Å². The summed E-state index contributed by atoms with van der Waals surface area (Å²) in [4.78, 5) is 12.1. The number of aromatic nitrogens is 2. The normalized spacial score (nSPS) is 10.7. The lowest BCUT2D eigenvalue weighted by atomic mass is 10.1. The molecule has 3 aromatic rings. The number of carbonyl (C=O) groups excluding carboxylic acids is 1. The predicted molar refractivity (Wildman–Crippen MR) is 79.6 cm³/mol. The average molecular weight is 265 g/mol. The second kappa shape index (κ2) is 5.17. The van der Waals surface area contributed by atoms with E-state index in [1.165, 1.54) is 0 Å². The number of anilines is 1. The number of para-hydroxylation sites is 1. The maximum atomic E-state index is 12.1. The molecule has 2 N–H and O–H groups in total. The summed E-state index contributed by atoms with van der Waals surface area (Å²) in [7, 11) is 0. The Balaban J connectivity index is 1.78. The van der Waals surface area contributed by atoms with Crippen molar-refractivity contribution < 1.29 is 4.79 Å². The van der Waals surface area contributed by atoms with E-state index in [4.69, 9.17) is 0 Å². The molecule has 20 heavy (non-hydrogen) atoms. The highest BCUT2D eigenvalue weighted by Gasteiger charge is 2.10. The first-order valence-corrected chi connectivity index (χ1v) is 6.51. The average Bonchev–Trinajstić information content (AvgIpc) is 2.85. The number of nitrogens with zero attached hydrogens (tertiary/aromatic N) is 1. The maximum Gasteiger partial charge on any atom is 0.230 e. The minimum absolute atomic E-state index is 0.0587. The van der Waals surface area contributed by atoms with Gasteiger partial charge in [0, 0.05) is 5.39 Å². The number of aromatic amines is 1. The van der Waals surface area contributed by atoms with Crippen LogP contribution in [0.5, 0.6) is 0 Å². The lowest BCUT2D eigenvalue weighted by molar-refractivity contribution is -0.115. The van der Waals surface area contributed by atoms with E-state index in [1.807, 2.05) is 55.5 Å². The quantitative estimate of drug-likeness (QED) is 0.764. The Bertz CT molecular complexity index is 761. The van der Waals surface area contributed by atoms with Gasteiger partial charge in [-0.05, 0) is 30.2 Å². The van der Waals surface area contributed by atoms with E-state index < -0.39 is 0 Å². The number of carbonyl (C=O) groups is 1. The smallest absolute Gasteiger partial charge is 0.230 e. The molecular formula is C16H15N3O. The van der Waals surface area contributed by atoms with Crippen LogP contribution in [0.2, 0.25) is 0 Å². The summed E-state index contributed by atoms with van der Waals surface area (Å²) >= 11 is 0. The van der Waals surface area contributed by atoms with Crippen molar-refractivity contribution in [2.75, 3.05) is 5.32 Å². The number of hydrogen-bond donors (Lipinski definition) is 2. The molecule has 0 radical (unpaired) electrons. The van der Waals surface area contributed by atoms with E-state index in [0.717, 1.165) is 22.0 Å². The predicted octanol–water partition coefficient (Wildman–Crippen LogP) is 3.05. The molecule has 0 spiro atoms. The molecule has 1 amide bonds. The standard InChI is InChI=1S/C16H15N3O/c1-11-6-2-3-7-12(11)10-15(20)17-16-13-8-4-5-9-14(13)18-19-16/h2-9H,10H2,1H3,(H2,17,18,19,20). The Morgan fingerprint density at radius 3 is 2.75 bits per heavy atom. The summed E-state index contributed by atoms with van der Waals surface area (Å²) in [5.41, 5.74) is 3.07. The third-order valence-electron chi connectivity index (χ3n) is 3.34. The first-order valence-electron chi connectivity index (χ1n) is 6.51. The fourth-order valence-electron chi connectivity index (χ4n) is 2.22. The molecule has 0 saturated carbocycles. The second-order valence-corrected chi connectivity index (χ2v) is 4.77. The van der Waals surface area contributed by atoms with E-state index in [-0.39, 0.29) is 5.91 Å². The molecule has 2 aromatic carbocycles. The largest absolute Gasteiger partial charge is 0.308 e. The van der Waals surface area contributed by atoms with Crippen molar-refractivity contribution in [1.82, 2.24) is 10.2 Å². The zero-order chi connectivity index (χ0) is 13.9. The topological polar surface area (TPSA) is 57.8 Å². The van der Waals surface area contributed by atoms with Gasteiger partial charge in [0.15, 0.2) is 5.82 Å². The van der Waals surface area contributed by atoms with Gasteiger partial charge >= 0.3 is 0 Å². The van der Waals surface area contributed by atoms with E-state index in [1.54, 1.807) is 0 Å². The molecular weight excluding hydrogens is 250 g/mol. The third kappa shape index (κ3) is 2.40. The second-order valence-electron chi connectivity index (χ2n) is 4.77. The highest BCUT2D eigenvalue weighted by molar-refractivity contribution is 6.00. The van der Waals surface area contributed by atoms with Crippen LogP contribution in [0.25, 0.3) is 10.9 Å². The van der Waals surface area contributed by atoms with Crippen molar-refractivity contribution in [2.45, 2.75) is 13.3 Å². The van der Waals surface area contributed by atoms with Gasteiger partial charge in [0.1, 0.15) is 0 Å². The van der Waals surface area contributed by atoms with Crippen LogP contribution in [0.15, 0.2) is 48.5 Å². The van der Waals surface area contributed by atoms with E-state index >= 15 is 0 Å². The number of amides is 1. The van der Waals surface area contributed by atoms with Gasteiger partial charge in [-0.2, -0.15) is 5.10 Å². The van der Waals surface area contributed by atoms with Crippen LogP contribution in [0.3, 0.4) is 0 Å². The van der Waals surface area contributed by atoms with E-state index in [9.17, 15) is 4.79 Å². The van der Waals surface area contributed by atoms with Crippen molar-refractivity contribution in [3.63, 3.8) is 0 Å². The van der Waals surface area contributed by atoms with Crippen molar-refractivity contribution in [3.05, 3.63) is 59.7 Å². The first kappa shape index (κ1) is 12.4. The van der Waals surface area contributed by atoms with Gasteiger partial charge in [-0.1, -0.05) is 36.4 Å². The third-order valence-corrected chi connectivity index (χ3v) is 3.34. The fourth-order valence-corrected chi connectivity index (χ4v) is 2.22. The summed E-state index contributed by atoms with van der Waals surface area (Å²) in [6.07, 6.45) is 0.355. The van der Waals surface area contributed by atoms with Crippen LogP contribution >= 0.6 is 0 Å². The monoisotopic (exact) mass is 265 g/mol. The van der Waals surface area contributed by atoms with Gasteiger partial charge in [-0.25, -0.2) is 0 Å². The Kier molecular flexibility index (Phi) is 3.21. The molecule has 0 fully saturated rings. The Morgan fingerprint density at radius 2 is 1.90 bits per heavy atom. The number of hydrogen-bond acceptors (Lipinski definition) is 2. The van der Waals surface area contributed by atoms with Crippen LogP contribution in [0.4, 0.5) is 5.82 Å². The van der Waals surface area contributed by atoms with Gasteiger partial charge in [0.05, 0.1) is 11.9 Å². The van der Waals surface area contributed by atoms with E-state index in [0.29, 0.717) is 12.2 Å². The van der Waals surface area contributed by atoms with Crippen LogP contribution in [0, 0.1) is 6.92 Å². The minimum atomic E-state index is -0.0587. The number of rotatable bonds is 3. The Hall–Kier alpha value is -2.62. The van der Waals surface area contributed by atoms with Gasteiger partial charge in [0.2, 0.25) is 5.91 Å². The summed E-state index contributed by atoms with van der Waals surface area (Å²) < 4.78 is 0. The minimum Gasteiger partial charge on any atom is -0.308 e. The molecule has 100 valence electrons. The highest BCUT2D eigenvalue weighted by Crippen LogP contribution is 2.19. The van der Waals surface area contributed by atoms with Crippen molar-refractivity contribution in [1.29, 1.82) is 0 Å². The van der Waals surface area contributed by atoms with Crippen LogP contribution in [-0.4, -0.2) is 16.1 Å². The zero-order valence-electron chi connectivity index (χ0n) is 11.2. The van der Waals surface area contributed by atoms with Crippen molar-refractivity contribution in [2.24, 2.45) is 0 Å². The number of nitrogens with one attached hydrogen (secondary N) is 2. The molecule has 1 heterocycles. The molecule has 0 unspecified atom stereocenters. The molecule has 4 nitrogen and oxygen atoms in total. The van der Waals surface area contributed by atoms with Gasteiger partial charge in [0.25, 0.3) is 0 Å². The van der Waals surface area contributed by atoms with E-state index in [2.05, 4.69) is 15.5 Å². The molecule has 0 bridgehead atoms. The highest BCUT2D eigenvalue weighted by atomic mass is 16.1. The lowest BCUT2D eigenvalue weighted by Crippen LogP contribution is -2.15. The molecule has 0 aliphatic carbocycles. The summed E-state index contributed by atoms with van der Waals surface area (Å²) in [5, 5.41) is 10.8. The van der Waals surface area contributed by atoms with Crippen molar-refractivity contribution >= 4 is 22.6 Å². The van der Waals surface area contributed by atoms with Gasteiger partial charge < -0.3 is 5.32 Å². The SMILES string of the molecule is Cc1ccccc1CC(=O)Nc1n[nH]c2ccccc12. The fraction of sp³-hybridized carbons (Fsp3) is 0.125. The number of aryl methyl sites for hydroxylation is 1. The lowest BCUT2D eigenvalue weighted by Gasteiger charge is -2.05. The molecule has 0 aliphatic rings. The Labute approximate surface area is 116 Å². The Morgan fingerprint density at radius 1 is 1.15 bits per heavy atom. The molecule has 3 rings (SSSR count). The molecule has 0 saturated heterocycles. The molecule has 1 aromatic heterocycles. The van der Waals surface area contributed by atoms with Crippen LogP contribution < -0.4 is 5.32 Å². The summed E-state index contributed by atoms with van der Waals surface area (Å²) in [5.74, 6) is 0.524. The first-order chi connectivity index (χ1) is 9.74. The summed E-state index contributed by atoms with van der Waals surface area (Å²) in [6, 6.07) is 15.6. The summed E-state index contributed by atoms with van der Waals surface area (Å²) in [6.45, 7) is 2.01. The molecule has 0 atom stereocenters. The maximum absolute atomic E-state index is 12.1. The van der Waals surface area contributed by atoms with Crippen LogP contribution in [0.1, 0.15) is 11.1 Å². The van der Waals surface area contributed by atoms with Crippen molar-refractivity contribution in [3.8, 4) is 0 Å². The zero-order valence-corrected chi connectivity index (χ0v) is 11.2. The van der Waals surface area contributed by atoms with Gasteiger partial charge in [-0.3, -0.25) is 9.89 Å². The number of H-pyrrole nitrogens is 1.